The van der Waals surface area contributed by atoms with Crippen LogP contribution in [0.2, 0.25) is 10.0 Å². The van der Waals surface area contributed by atoms with Gasteiger partial charge in [-0.25, -0.2) is 0 Å². The molecule has 0 N–H and O–H groups in total. The van der Waals surface area contributed by atoms with Gasteiger partial charge >= 0.3 is 0 Å². The monoisotopic (exact) mass is 376 g/mol. The largest absolute Gasteiger partial charge is 0.143 e. The minimum absolute atomic E-state index is 0.0910. The number of rotatable bonds is 2. The van der Waals surface area contributed by atoms with Crippen LogP contribution in [0.1, 0.15) is 15.3 Å². The van der Waals surface area contributed by atoms with E-state index in [2.05, 4.69) is 33.4 Å². The number of hydrogen-bond donors (Lipinski definition) is 0. The van der Waals surface area contributed by atoms with Crippen LogP contribution in [-0.2, 0) is 0 Å². The Labute approximate surface area is 131 Å². The van der Waals surface area contributed by atoms with Crippen molar-refractivity contribution in [2.45, 2.75) is 4.83 Å². The standard InChI is InChI=1S/C13H7BrCl2S2/c14-13(8-5-7(15)1-2-9(8)16)12-6-11-10(18-12)3-4-17-11/h1-6,13H. The van der Waals surface area contributed by atoms with Crippen LogP contribution < -0.4 is 0 Å². The highest BCUT2D eigenvalue weighted by atomic mass is 79.9. The van der Waals surface area contributed by atoms with Gasteiger partial charge in [0, 0.05) is 24.3 Å². The van der Waals surface area contributed by atoms with Crippen molar-refractivity contribution in [2.75, 3.05) is 0 Å². The fourth-order valence-corrected chi connectivity index (χ4v) is 5.22. The molecule has 2 aromatic heterocycles. The van der Waals surface area contributed by atoms with E-state index < -0.39 is 0 Å². The van der Waals surface area contributed by atoms with E-state index >= 15 is 0 Å². The summed E-state index contributed by atoms with van der Waals surface area (Å²) in [5, 5.41) is 3.55. The second-order valence-corrected chi connectivity index (χ2v) is 7.65. The topological polar surface area (TPSA) is 0 Å². The molecular formula is C13H7BrCl2S2. The lowest BCUT2D eigenvalue weighted by Crippen LogP contribution is -1.90. The third-order valence-electron chi connectivity index (χ3n) is 2.64. The minimum atomic E-state index is 0.0910. The molecule has 0 aliphatic heterocycles. The van der Waals surface area contributed by atoms with E-state index in [1.54, 1.807) is 28.7 Å². The van der Waals surface area contributed by atoms with Crippen molar-refractivity contribution in [1.29, 1.82) is 0 Å². The average Bonchev–Trinajstić information content (AvgIpc) is 2.91. The van der Waals surface area contributed by atoms with E-state index in [0.717, 1.165) is 10.6 Å². The minimum Gasteiger partial charge on any atom is -0.143 e. The molecule has 1 atom stereocenters. The number of benzene rings is 1. The van der Waals surface area contributed by atoms with Gasteiger partial charge in [0.2, 0.25) is 0 Å². The van der Waals surface area contributed by atoms with Crippen molar-refractivity contribution >= 4 is 71.2 Å². The fourth-order valence-electron chi connectivity index (χ4n) is 1.77. The van der Waals surface area contributed by atoms with Crippen LogP contribution in [0, 0.1) is 0 Å². The molecule has 0 fully saturated rings. The number of fused-ring (bicyclic) bond motifs is 1. The van der Waals surface area contributed by atoms with Crippen LogP contribution in [0.3, 0.4) is 0 Å². The van der Waals surface area contributed by atoms with E-state index in [1.165, 1.54) is 14.3 Å². The predicted molar refractivity (Wildman–Crippen MR) is 86.9 cm³/mol. The summed E-state index contributed by atoms with van der Waals surface area (Å²) in [5.74, 6) is 0. The number of hydrogen-bond acceptors (Lipinski definition) is 2. The van der Waals surface area contributed by atoms with E-state index in [0.29, 0.717) is 5.02 Å². The van der Waals surface area contributed by atoms with Crippen LogP contribution in [0.4, 0.5) is 0 Å². The molecule has 1 unspecified atom stereocenters. The molecule has 0 bridgehead atoms. The first kappa shape index (κ1) is 12.9. The summed E-state index contributed by atoms with van der Waals surface area (Å²) in [4.78, 5) is 1.34. The summed E-state index contributed by atoms with van der Waals surface area (Å²) in [7, 11) is 0. The molecule has 0 aliphatic carbocycles. The Hall–Kier alpha value is -0.0600. The molecule has 18 heavy (non-hydrogen) atoms. The smallest absolute Gasteiger partial charge is 0.0753 e. The van der Waals surface area contributed by atoms with Crippen molar-refractivity contribution < 1.29 is 0 Å². The Bertz CT molecular complexity index is 673. The molecule has 0 nitrogen and oxygen atoms in total. The zero-order chi connectivity index (χ0) is 12.7. The summed E-state index contributed by atoms with van der Waals surface area (Å²) in [5.41, 5.74) is 1.01. The van der Waals surface area contributed by atoms with E-state index in [4.69, 9.17) is 23.2 Å². The van der Waals surface area contributed by atoms with Crippen molar-refractivity contribution in [3.63, 3.8) is 0 Å². The highest BCUT2D eigenvalue weighted by Gasteiger charge is 2.17. The summed E-state index contributed by atoms with van der Waals surface area (Å²) in [6.45, 7) is 0. The SMILES string of the molecule is Clc1ccc(Cl)c(C(Br)c2cc3sccc3s2)c1. The van der Waals surface area contributed by atoms with Gasteiger partial charge in [-0.15, -0.1) is 22.7 Å². The summed E-state index contributed by atoms with van der Waals surface area (Å²) in [6, 6.07) is 9.91. The molecule has 0 spiro atoms. The molecule has 0 saturated carbocycles. The number of thiophene rings is 2. The first-order valence-corrected chi connectivity index (χ1v) is 8.58. The maximum absolute atomic E-state index is 6.23. The van der Waals surface area contributed by atoms with E-state index in [9.17, 15) is 0 Å². The second kappa shape index (κ2) is 5.14. The molecule has 5 heteroatoms. The van der Waals surface area contributed by atoms with Gasteiger partial charge < -0.3 is 0 Å². The molecule has 0 radical (unpaired) electrons. The second-order valence-electron chi connectivity index (χ2n) is 3.83. The van der Waals surface area contributed by atoms with Crippen molar-refractivity contribution in [2.24, 2.45) is 0 Å². The molecule has 3 aromatic rings. The Morgan fingerprint density at radius 3 is 2.67 bits per heavy atom. The van der Waals surface area contributed by atoms with Crippen LogP contribution in [0.25, 0.3) is 9.40 Å². The lowest BCUT2D eigenvalue weighted by molar-refractivity contribution is 1.23. The zero-order valence-electron chi connectivity index (χ0n) is 8.99. The highest BCUT2D eigenvalue weighted by Crippen LogP contribution is 2.42. The van der Waals surface area contributed by atoms with Gasteiger partial charge in [0.25, 0.3) is 0 Å². The van der Waals surface area contributed by atoms with E-state index in [-0.39, 0.29) is 4.83 Å². The molecule has 0 aliphatic rings. The zero-order valence-corrected chi connectivity index (χ0v) is 13.7. The quantitative estimate of drug-likeness (QED) is 0.433. The summed E-state index contributed by atoms with van der Waals surface area (Å²) in [6.07, 6.45) is 0. The summed E-state index contributed by atoms with van der Waals surface area (Å²) < 4.78 is 2.63. The molecule has 92 valence electrons. The van der Waals surface area contributed by atoms with Crippen molar-refractivity contribution in [3.8, 4) is 0 Å². The fraction of sp³-hybridized carbons (Fsp3) is 0.0769. The van der Waals surface area contributed by atoms with Gasteiger partial charge in [0.1, 0.15) is 0 Å². The number of halogens is 3. The van der Waals surface area contributed by atoms with Gasteiger partial charge in [-0.2, -0.15) is 0 Å². The third-order valence-corrected chi connectivity index (χ3v) is 6.67. The van der Waals surface area contributed by atoms with Crippen LogP contribution in [-0.4, -0.2) is 0 Å². The normalized spacial score (nSPS) is 13.1. The molecule has 2 heterocycles. The highest BCUT2D eigenvalue weighted by molar-refractivity contribution is 9.09. The van der Waals surface area contributed by atoms with Crippen molar-refractivity contribution in [1.82, 2.24) is 0 Å². The first-order valence-electron chi connectivity index (χ1n) is 5.21. The first-order chi connectivity index (χ1) is 8.65. The predicted octanol–water partition coefficient (Wildman–Crippen LogP) is 6.75. The van der Waals surface area contributed by atoms with Crippen molar-refractivity contribution in [3.05, 3.63) is 56.2 Å². The molecule has 1 aromatic carbocycles. The van der Waals surface area contributed by atoms with E-state index in [1.807, 2.05) is 12.1 Å². The van der Waals surface area contributed by atoms with Crippen LogP contribution in [0.5, 0.6) is 0 Å². The van der Waals surface area contributed by atoms with Crippen LogP contribution >= 0.6 is 61.8 Å². The molecule has 0 amide bonds. The Kier molecular flexibility index (Phi) is 3.70. The lowest BCUT2D eigenvalue weighted by atomic mass is 10.1. The van der Waals surface area contributed by atoms with Crippen LogP contribution in [0.15, 0.2) is 35.7 Å². The average molecular weight is 378 g/mol. The summed E-state index contributed by atoms with van der Waals surface area (Å²) >= 11 is 19.5. The Morgan fingerprint density at radius 1 is 1.06 bits per heavy atom. The van der Waals surface area contributed by atoms with Gasteiger partial charge in [0.05, 0.1) is 4.83 Å². The molecular weight excluding hydrogens is 371 g/mol. The lowest BCUT2D eigenvalue weighted by Gasteiger charge is -2.10. The molecule has 3 rings (SSSR count). The van der Waals surface area contributed by atoms with Gasteiger partial charge in [-0.3, -0.25) is 0 Å². The maximum Gasteiger partial charge on any atom is 0.0753 e. The number of alkyl halides is 1. The third kappa shape index (κ3) is 2.35. The maximum atomic E-state index is 6.23. The molecule has 0 saturated heterocycles. The Morgan fingerprint density at radius 2 is 1.89 bits per heavy atom. The van der Waals surface area contributed by atoms with Gasteiger partial charge in [-0.1, -0.05) is 39.1 Å². The van der Waals surface area contributed by atoms with Gasteiger partial charge in [0.15, 0.2) is 0 Å². The Balaban J connectivity index is 2.05. The van der Waals surface area contributed by atoms with Gasteiger partial charge in [-0.05, 0) is 41.3 Å².